The fourth-order valence-electron chi connectivity index (χ4n) is 1.05. The van der Waals surface area contributed by atoms with Crippen LogP contribution in [0.15, 0.2) is 12.2 Å². The van der Waals surface area contributed by atoms with Crippen LogP contribution in [-0.2, 0) is 9.53 Å². The number of carbonyl (C=O) groups is 1. The van der Waals surface area contributed by atoms with E-state index >= 15 is 0 Å². The summed E-state index contributed by atoms with van der Waals surface area (Å²) in [6.45, 7) is 0. The number of carbonyl (C=O) groups excluding carboxylic acids is 1. The Morgan fingerprint density at radius 3 is 2.64 bits per heavy atom. The molecule has 3 nitrogen and oxygen atoms in total. The minimum Gasteiger partial charge on any atom is -0.469 e. The normalized spacial score (nSPS) is 27.8. The predicted molar refractivity (Wildman–Crippen MR) is 44.5 cm³/mol. The lowest BCUT2D eigenvalue weighted by atomic mass is 10.1. The molecule has 0 amide bonds. The number of halogens is 1. The van der Waals surface area contributed by atoms with Crippen molar-refractivity contribution in [3.63, 3.8) is 0 Å². The van der Waals surface area contributed by atoms with E-state index in [-0.39, 0.29) is 30.3 Å². The zero-order valence-electron chi connectivity index (χ0n) is 6.32. The Kier molecular flexibility index (Phi) is 4.15. The van der Waals surface area contributed by atoms with Crippen LogP contribution in [-0.4, -0.2) is 19.1 Å². The minimum absolute atomic E-state index is 0. The molecule has 4 heteroatoms. The van der Waals surface area contributed by atoms with E-state index < -0.39 is 0 Å². The summed E-state index contributed by atoms with van der Waals surface area (Å²) in [6.07, 6.45) is 4.32. The highest BCUT2D eigenvalue weighted by atomic mass is 35.5. The van der Waals surface area contributed by atoms with Crippen molar-refractivity contribution >= 4 is 18.4 Å². The average Bonchev–Trinajstić information content (AvgIpc) is 2.34. The van der Waals surface area contributed by atoms with E-state index in [9.17, 15) is 4.79 Å². The molecule has 0 heterocycles. The van der Waals surface area contributed by atoms with Gasteiger partial charge >= 0.3 is 5.97 Å². The summed E-state index contributed by atoms with van der Waals surface area (Å²) in [5.41, 5.74) is 5.52. The summed E-state index contributed by atoms with van der Waals surface area (Å²) in [5, 5.41) is 0. The largest absolute Gasteiger partial charge is 0.469 e. The van der Waals surface area contributed by atoms with Crippen LogP contribution < -0.4 is 5.73 Å². The topological polar surface area (TPSA) is 52.3 Å². The van der Waals surface area contributed by atoms with Gasteiger partial charge in [0, 0.05) is 6.04 Å². The fourth-order valence-corrected chi connectivity index (χ4v) is 1.05. The van der Waals surface area contributed by atoms with E-state index in [0.717, 1.165) is 0 Å². The number of ether oxygens (including phenoxy) is 1. The van der Waals surface area contributed by atoms with Crippen LogP contribution in [0, 0.1) is 5.92 Å². The van der Waals surface area contributed by atoms with Crippen molar-refractivity contribution in [2.75, 3.05) is 7.11 Å². The van der Waals surface area contributed by atoms with E-state index in [0.29, 0.717) is 6.42 Å². The summed E-state index contributed by atoms with van der Waals surface area (Å²) in [6, 6.07) is 0.0316. The van der Waals surface area contributed by atoms with Crippen molar-refractivity contribution in [1.82, 2.24) is 0 Å². The molecular formula is C7H12ClNO2. The second-order valence-corrected chi connectivity index (χ2v) is 2.41. The van der Waals surface area contributed by atoms with E-state index in [1.807, 2.05) is 6.08 Å². The average molecular weight is 178 g/mol. The Balaban J connectivity index is 0.000001000. The van der Waals surface area contributed by atoms with Gasteiger partial charge in [0.2, 0.25) is 0 Å². The zero-order chi connectivity index (χ0) is 7.56. The highest BCUT2D eigenvalue weighted by Crippen LogP contribution is 2.16. The van der Waals surface area contributed by atoms with Gasteiger partial charge in [0.1, 0.15) is 0 Å². The van der Waals surface area contributed by atoms with Crippen LogP contribution in [0.5, 0.6) is 0 Å². The highest BCUT2D eigenvalue weighted by Gasteiger charge is 2.22. The quantitative estimate of drug-likeness (QED) is 0.469. The maximum Gasteiger partial charge on any atom is 0.312 e. The van der Waals surface area contributed by atoms with E-state index in [1.54, 1.807) is 6.08 Å². The van der Waals surface area contributed by atoms with E-state index in [1.165, 1.54) is 7.11 Å². The molecule has 64 valence electrons. The van der Waals surface area contributed by atoms with Crippen molar-refractivity contribution in [2.45, 2.75) is 12.5 Å². The Hall–Kier alpha value is -0.540. The Morgan fingerprint density at radius 1 is 1.64 bits per heavy atom. The zero-order valence-corrected chi connectivity index (χ0v) is 7.14. The standard InChI is InChI=1S/C7H11NO2.ClH/c1-10-7(9)5-2-3-6(8)4-5;/h2-3,5-6H,4,8H2,1H3;1H/t5-,6+;/m0./s1. The molecule has 0 bridgehead atoms. The third-order valence-corrected chi connectivity index (χ3v) is 1.62. The van der Waals surface area contributed by atoms with Crippen LogP contribution in [0.2, 0.25) is 0 Å². The molecule has 1 rings (SSSR count). The maximum absolute atomic E-state index is 10.8. The number of rotatable bonds is 1. The monoisotopic (exact) mass is 177 g/mol. The van der Waals surface area contributed by atoms with Gasteiger partial charge in [0.25, 0.3) is 0 Å². The molecule has 0 spiro atoms. The van der Waals surface area contributed by atoms with Gasteiger partial charge in [-0.2, -0.15) is 0 Å². The maximum atomic E-state index is 10.8. The molecule has 0 fully saturated rings. The van der Waals surface area contributed by atoms with Gasteiger partial charge < -0.3 is 10.5 Å². The molecular weight excluding hydrogens is 166 g/mol. The van der Waals surface area contributed by atoms with Gasteiger partial charge in [-0.25, -0.2) is 0 Å². The molecule has 0 aromatic heterocycles. The summed E-state index contributed by atoms with van der Waals surface area (Å²) in [4.78, 5) is 10.8. The molecule has 0 radical (unpaired) electrons. The summed E-state index contributed by atoms with van der Waals surface area (Å²) >= 11 is 0. The first-order valence-corrected chi connectivity index (χ1v) is 3.26. The van der Waals surface area contributed by atoms with Crippen LogP contribution >= 0.6 is 12.4 Å². The minimum atomic E-state index is -0.191. The highest BCUT2D eigenvalue weighted by molar-refractivity contribution is 5.85. The molecule has 0 saturated heterocycles. The number of hydrogen-bond donors (Lipinski definition) is 1. The van der Waals surface area contributed by atoms with Crippen LogP contribution in [0.3, 0.4) is 0 Å². The smallest absolute Gasteiger partial charge is 0.312 e. The van der Waals surface area contributed by atoms with Crippen molar-refractivity contribution in [1.29, 1.82) is 0 Å². The number of esters is 1. The van der Waals surface area contributed by atoms with Gasteiger partial charge in [0.15, 0.2) is 0 Å². The summed E-state index contributed by atoms with van der Waals surface area (Å²) < 4.78 is 4.54. The molecule has 1 aliphatic carbocycles. The van der Waals surface area contributed by atoms with E-state index in [2.05, 4.69) is 4.74 Å². The van der Waals surface area contributed by atoms with Crippen LogP contribution in [0.25, 0.3) is 0 Å². The second-order valence-electron chi connectivity index (χ2n) is 2.41. The second kappa shape index (κ2) is 4.36. The fraction of sp³-hybridized carbons (Fsp3) is 0.571. The Bertz CT molecular complexity index is 170. The molecule has 0 aromatic rings. The van der Waals surface area contributed by atoms with Gasteiger partial charge in [-0.15, -0.1) is 12.4 Å². The van der Waals surface area contributed by atoms with E-state index in [4.69, 9.17) is 5.73 Å². The molecule has 1 aliphatic rings. The lowest BCUT2D eigenvalue weighted by Gasteiger charge is -2.04. The van der Waals surface area contributed by atoms with Crippen molar-refractivity contribution in [3.8, 4) is 0 Å². The summed E-state index contributed by atoms with van der Waals surface area (Å²) in [7, 11) is 1.39. The number of nitrogens with two attached hydrogens (primary N) is 1. The van der Waals surface area contributed by atoms with Gasteiger partial charge in [0.05, 0.1) is 13.0 Å². The molecule has 2 atom stereocenters. The molecule has 2 N–H and O–H groups in total. The van der Waals surface area contributed by atoms with Gasteiger partial charge in [-0.3, -0.25) is 4.79 Å². The van der Waals surface area contributed by atoms with Gasteiger partial charge in [-0.05, 0) is 6.42 Å². The molecule has 0 aliphatic heterocycles. The lowest BCUT2D eigenvalue weighted by Crippen LogP contribution is -2.19. The van der Waals surface area contributed by atoms with Crippen molar-refractivity contribution in [3.05, 3.63) is 12.2 Å². The Labute approximate surface area is 72.0 Å². The number of hydrogen-bond acceptors (Lipinski definition) is 3. The van der Waals surface area contributed by atoms with Gasteiger partial charge in [-0.1, -0.05) is 12.2 Å². The molecule has 11 heavy (non-hydrogen) atoms. The number of methoxy groups -OCH3 is 1. The third-order valence-electron chi connectivity index (χ3n) is 1.62. The van der Waals surface area contributed by atoms with Crippen LogP contribution in [0.4, 0.5) is 0 Å². The van der Waals surface area contributed by atoms with Crippen molar-refractivity contribution in [2.24, 2.45) is 11.7 Å². The lowest BCUT2D eigenvalue weighted by molar-refractivity contribution is -0.143. The first-order chi connectivity index (χ1) is 4.74. The van der Waals surface area contributed by atoms with Crippen LogP contribution in [0.1, 0.15) is 6.42 Å². The summed E-state index contributed by atoms with van der Waals surface area (Å²) in [5.74, 6) is -0.302. The molecule has 0 saturated carbocycles. The first-order valence-electron chi connectivity index (χ1n) is 3.26. The third kappa shape index (κ3) is 2.52. The SMILES string of the molecule is COC(=O)[C@H]1C=C[C@@H](N)C1.Cl. The van der Waals surface area contributed by atoms with Crippen molar-refractivity contribution < 1.29 is 9.53 Å². The molecule has 0 aromatic carbocycles. The predicted octanol–water partition coefficient (Wildman–Crippen LogP) is 0.485. The Morgan fingerprint density at radius 2 is 2.27 bits per heavy atom. The first kappa shape index (κ1) is 10.5. The molecule has 0 unspecified atom stereocenters.